The number of nitrogens with zero attached hydrogens (tertiary/aromatic N) is 2. The second kappa shape index (κ2) is 7.43. The molecule has 0 aliphatic carbocycles. The van der Waals surface area contributed by atoms with Gasteiger partial charge in [0.25, 0.3) is 0 Å². The molecule has 0 atom stereocenters. The van der Waals surface area contributed by atoms with Gasteiger partial charge in [0.15, 0.2) is 5.78 Å². The van der Waals surface area contributed by atoms with Gasteiger partial charge in [0.05, 0.1) is 12.9 Å². The molecule has 0 amide bonds. The van der Waals surface area contributed by atoms with Crippen LogP contribution in [0.4, 0.5) is 0 Å². The molecule has 3 aromatic rings. The van der Waals surface area contributed by atoms with Crippen LogP contribution in [0.25, 0.3) is 0 Å². The van der Waals surface area contributed by atoms with Crippen LogP contribution < -0.4 is 4.74 Å². The van der Waals surface area contributed by atoms with E-state index in [1.165, 1.54) is 16.6 Å². The summed E-state index contributed by atoms with van der Waals surface area (Å²) < 4.78 is 5.08. The van der Waals surface area contributed by atoms with Gasteiger partial charge < -0.3 is 4.74 Å². The van der Waals surface area contributed by atoms with Crippen molar-refractivity contribution >= 4 is 28.9 Å². The number of ketones is 1. The summed E-state index contributed by atoms with van der Waals surface area (Å²) in [4.78, 5) is 17.8. The van der Waals surface area contributed by atoms with E-state index in [-0.39, 0.29) is 5.78 Å². The Balaban J connectivity index is 1.55. The van der Waals surface area contributed by atoms with Gasteiger partial charge in [-0.1, -0.05) is 17.8 Å². The largest absolute Gasteiger partial charge is 0.497 e. The lowest BCUT2D eigenvalue weighted by atomic mass is 10.1. The van der Waals surface area contributed by atoms with Crippen molar-refractivity contribution in [3.63, 3.8) is 0 Å². The minimum Gasteiger partial charge on any atom is -0.497 e. The molecule has 0 unspecified atom stereocenters. The Morgan fingerprint density at radius 3 is 2.83 bits per heavy atom. The highest BCUT2D eigenvalue weighted by Gasteiger charge is 2.10. The molecule has 3 rings (SSSR count). The Hall–Kier alpha value is -2.12. The van der Waals surface area contributed by atoms with Gasteiger partial charge >= 0.3 is 0 Å². The predicted octanol–water partition coefficient (Wildman–Crippen LogP) is 3.44. The third kappa shape index (κ3) is 4.20. The number of benzene rings is 1. The summed E-state index contributed by atoms with van der Waals surface area (Å²) >= 11 is 3.02. The SMILES string of the molecule is COc1ccc(C(=O)CSc2n[nH]c(Cc3cccs3)n2)cc1. The molecule has 0 saturated heterocycles. The van der Waals surface area contributed by atoms with Crippen molar-refractivity contribution in [2.75, 3.05) is 12.9 Å². The van der Waals surface area contributed by atoms with E-state index in [2.05, 4.69) is 21.2 Å². The van der Waals surface area contributed by atoms with Crippen LogP contribution in [-0.4, -0.2) is 33.8 Å². The number of carbonyl (C=O) groups excluding carboxylic acids is 1. The van der Waals surface area contributed by atoms with Gasteiger partial charge in [-0.25, -0.2) is 4.98 Å². The van der Waals surface area contributed by atoms with Crippen molar-refractivity contribution in [3.8, 4) is 5.75 Å². The average Bonchev–Trinajstić information content (AvgIpc) is 3.25. The van der Waals surface area contributed by atoms with Crippen molar-refractivity contribution < 1.29 is 9.53 Å². The molecule has 0 aliphatic rings. The Kier molecular flexibility index (Phi) is 5.09. The van der Waals surface area contributed by atoms with Gasteiger partial charge in [0.2, 0.25) is 5.16 Å². The molecule has 0 bridgehead atoms. The third-order valence-corrected chi connectivity index (χ3v) is 4.90. The molecule has 0 radical (unpaired) electrons. The van der Waals surface area contributed by atoms with Crippen LogP contribution in [0.3, 0.4) is 0 Å². The number of H-pyrrole nitrogens is 1. The number of thiophene rings is 1. The number of nitrogens with one attached hydrogen (secondary N) is 1. The molecule has 2 heterocycles. The van der Waals surface area contributed by atoms with E-state index in [4.69, 9.17) is 4.74 Å². The number of methoxy groups -OCH3 is 1. The zero-order chi connectivity index (χ0) is 16.1. The maximum absolute atomic E-state index is 12.2. The van der Waals surface area contributed by atoms with Crippen LogP contribution in [0.15, 0.2) is 46.9 Å². The number of carbonyl (C=O) groups is 1. The average molecular weight is 345 g/mol. The predicted molar refractivity (Wildman–Crippen MR) is 91.6 cm³/mol. The number of ether oxygens (including phenoxy) is 1. The fourth-order valence-electron chi connectivity index (χ4n) is 1.99. The molecule has 0 saturated carbocycles. The highest BCUT2D eigenvalue weighted by atomic mass is 32.2. The molecule has 1 N–H and O–H groups in total. The van der Waals surface area contributed by atoms with E-state index in [9.17, 15) is 4.79 Å². The summed E-state index contributed by atoms with van der Waals surface area (Å²) in [6.45, 7) is 0. The fraction of sp³-hybridized carbons (Fsp3) is 0.188. The van der Waals surface area contributed by atoms with Crippen LogP contribution in [0.5, 0.6) is 5.75 Å². The van der Waals surface area contributed by atoms with E-state index >= 15 is 0 Å². The number of aromatic amines is 1. The van der Waals surface area contributed by atoms with Gasteiger partial charge in [-0.05, 0) is 35.7 Å². The smallest absolute Gasteiger partial charge is 0.208 e. The highest BCUT2D eigenvalue weighted by Crippen LogP contribution is 2.18. The van der Waals surface area contributed by atoms with E-state index < -0.39 is 0 Å². The fourth-order valence-corrected chi connectivity index (χ4v) is 3.41. The first kappa shape index (κ1) is 15.8. The summed E-state index contributed by atoms with van der Waals surface area (Å²) in [5.41, 5.74) is 0.660. The van der Waals surface area contributed by atoms with Gasteiger partial charge in [-0.2, -0.15) is 0 Å². The Morgan fingerprint density at radius 2 is 2.13 bits per heavy atom. The van der Waals surface area contributed by atoms with Gasteiger partial charge in [-0.3, -0.25) is 9.89 Å². The van der Waals surface area contributed by atoms with Gasteiger partial charge in [0, 0.05) is 16.9 Å². The first-order chi connectivity index (χ1) is 11.2. The molecule has 0 fully saturated rings. The van der Waals surface area contributed by atoms with E-state index in [0.29, 0.717) is 16.5 Å². The first-order valence-corrected chi connectivity index (χ1v) is 8.85. The summed E-state index contributed by atoms with van der Waals surface area (Å²) in [7, 11) is 1.60. The van der Waals surface area contributed by atoms with Gasteiger partial charge in [-0.15, -0.1) is 16.4 Å². The Bertz CT molecular complexity index is 767. The van der Waals surface area contributed by atoms with Crippen molar-refractivity contribution in [1.29, 1.82) is 0 Å². The van der Waals surface area contributed by atoms with Gasteiger partial charge in [0.1, 0.15) is 11.6 Å². The maximum Gasteiger partial charge on any atom is 0.208 e. The quantitative estimate of drug-likeness (QED) is 0.525. The number of thioether (sulfide) groups is 1. The summed E-state index contributed by atoms with van der Waals surface area (Å²) in [5.74, 6) is 1.90. The summed E-state index contributed by atoms with van der Waals surface area (Å²) in [6, 6.07) is 11.2. The first-order valence-electron chi connectivity index (χ1n) is 6.98. The minimum absolute atomic E-state index is 0.0438. The number of rotatable bonds is 7. The molecule has 7 heteroatoms. The molecule has 2 aromatic heterocycles. The van der Waals surface area contributed by atoms with Crippen LogP contribution >= 0.6 is 23.1 Å². The highest BCUT2D eigenvalue weighted by molar-refractivity contribution is 7.99. The number of aromatic nitrogens is 3. The number of hydrogen-bond acceptors (Lipinski definition) is 6. The van der Waals surface area contributed by atoms with Crippen LogP contribution in [0.2, 0.25) is 0 Å². The molecule has 5 nitrogen and oxygen atoms in total. The third-order valence-electron chi connectivity index (χ3n) is 3.18. The Labute approximate surface area is 142 Å². The zero-order valence-electron chi connectivity index (χ0n) is 12.5. The van der Waals surface area contributed by atoms with Crippen molar-refractivity contribution in [2.24, 2.45) is 0 Å². The summed E-state index contributed by atoms with van der Waals surface area (Å²) in [6.07, 6.45) is 0.734. The zero-order valence-corrected chi connectivity index (χ0v) is 14.1. The molecule has 0 aliphatic heterocycles. The number of hydrogen-bond donors (Lipinski definition) is 1. The van der Waals surface area contributed by atoms with E-state index in [1.54, 1.807) is 42.7 Å². The molecular formula is C16H15N3O2S2. The molecule has 0 spiro atoms. The lowest BCUT2D eigenvalue weighted by Gasteiger charge is -2.01. The normalized spacial score (nSPS) is 10.7. The molecule has 23 heavy (non-hydrogen) atoms. The molecule has 118 valence electrons. The van der Waals surface area contributed by atoms with E-state index in [1.807, 2.05) is 11.4 Å². The molecular weight excluding hydrogens is 330 g/mol. The lowest BCUT2D eigenvalue weighted by Crippen LogP contribution is -2.02. The van der Waals surface area contributed by atoms with E-state index in [0.717, 1.165) is 18.0 Å². The van der Waals surface area contributed by atoms with Crippen LogP contribution in [0.1, 0.15) is 21.1 Å². The van der Waals surface area contributed by atoms with Crippen LogP contribution in [-0.2, 0) is 6.42 Å². The van der Waals surface area contributed by atoms with Crippen LogP contribution in [0, 0.1) is 0 Å². The van der Waals surface area contributed by atoms with Crippen molar-refractivity contribution in [3.05, 3.63) is 58.0 Å². The Morgan fingerprint density at radius 1 is 1.30 bits per heavy atom. The molecule has 1 aromatic carbocycles. The monoisotopic (exact) mass is 345 g/mol. The second-order valence-corrected chi connectivity index (χ2v) is 6.74. The number of Topliss-reactive ketones (excluding diaryl/α,β-unsaturated/α-hetero) is 1. The minimum atomic E-state index is 0.0438. The van der Waals surface area contributed by atoms with Crippen molar-refractivity contribution in [1.82, 2.24) is 15.2 Å². The second-order valence-electron chi connectivity index (χ2n) is 4.76. The maximum atomic E-state index is 12.2. The lowest BCUT2D eigenvalue weighted by molar-refractivity contribution is 0.102. The summed E-state index contributed by atoms with van der Waals surface area (Å²) in [5, 5.41) is 9.70. The van der Waals surface area contributed by atoms with Crippen molar-refractivity contribution in [2.45, 2.75) is 11.6 Å². The topological polar surface area (TPSA) is 67.9 Å². The standard InChI is InChI=1S/C16H15N3O2S2/c1-21-12-6-4-11(5-7-12)14(20)10-23-16-17-15(18-19-16)9-13-3-2-8-22-13/h2-8H,9-10H2,1H3,(H,17,18,19).